The highest BCUT2D eigenvalue weighted by atomic mass is 19.4. The van der Waals surface area contributed by atoms with Crippen LogP contribution in [-0.2, 0) is 9.53 Å². The van der Waals surface area contributed by atoms with Gasteiger partial charge in [-0.15, -0.1) is 0 Å². The van der Waals surface area contributed by atoms with E-state index in [1.165, 1.54) is 19.1 Å². The molecule has 0 unspecified atom stereocenters. The number of alkyl halides is 3. The number of benzene rings is 1. The predicted molar refractivity (Wildman–Crippen MR) is 71.4 cm³/mol. The molecule has 1 aromatic rings. The zero-order valence-corrected chi connectivity index (χ0v) is 11.5. The van der Waals surface area contributed by atoms with Crippen molar-refractivity contribution in [1.29, 1.82) is 0 Å². The molecule has 0 fully saturated rings. The quantitative estimate of drug-likeness (QED) is 0.629. The van der Waals surface area contributed by atoms with Crippen molar-refractivity contribution in [2.24, 2.45) is 0 Å². The van der Waals surface area contributed by atoms with Gasteiger partial charge in [-0.25, -0.2) is 4.79 Å². The number of carbonyl (C=O) groups excluding carboxylic acids is 1. The average molecular weight is 287 g/mol. The maximum Gasteiger partial charge on any atom is 0.417 e. The van der Waals surface area contributed by atoms with Crippen molar-refractivity contribution < 1.29 is 22.7 Å². The predicted octanol–water partition coefficient (Wildman–Crippen LogP) is 3.26. The lowest BCUT2D eigenvalue weighted by molar-refractivity contribution is -0.137. The highest BCUT2D eigenvalue weighted by molar-refractivity contribution is 5.92. The fourth-order valence-electron chi connectivity index (χ4n) is 1.57. The monoisotopic (exact) mass is 287 g/mol. The maximum absolute atomic E-state index is 13.0. The molecule has 0 saturated carbocycles. The number of carbonyl (C=O) groups is 1. The first kappa shape index (κ1) is 16.1. The molecule has 0 aliphatic carbocycles. The maximum atomic E-state index is 13.0. The summed E-state index contributed by atoms with van der Waals surface area (Å²) in [5, 5.41) is 0. The van der Waals surface area contributed by atoms with Gasteiger partial charge >= 0.3 is 12.1 Å². The number of esters is 1. The molecule has 6 heteroatoms. The van der Waals surface area contributed by atoms with Crippen molar-refractivity contribution in [3.8, 4) is 0 Å². The van der Waals surface area contributed by atoms with E-state index in [0.29, 0.717) is 6.08 Å². The Morgan fingerprint density at radius 2 is 1.80 bits per heavy atom. The molecule has 0 N–H and O–H groups in total. The fraction of sp³-hybridized carbons (Fsp3) is 0.357. The molecular weight excluding hydrogens is 271 g/mol. The Kier molecular flexibility index (Phi) is 5.19. The molecule has 0 aliphatic rings. The zero-order chi connectivity index (χ0) is 15.3. The molecule has 0 spiro atoms. The number of nitrogens with zero attached hydrogens (tertiary/aromatic N) is 1. The first-order valence-corrected chi connectivity index (χ1v) is 5.99. The zero-order valence-electron chi connectivity index (χ0n) is 11.5. The van der Waals surface area contributed by atoms with Crippen LogP contribution in [-0.4, -0.2) is 32.8 Å². The minimum Gasteiger partial charge on any atom is -0.463 e. The van der Waals surface area contributed by atoms with Crippen LogP contribution in [0.5, 0.6) is 0 Å². The molecule has 1 rings (SSSR count). The molecular formula is C14H16F3NO2. The van der Waals surface area contributed by atoms with Gasteiger partial charge in [-0.2, -0.15) is 13.2 Å². The van der Waals surface area contributed by atoms with Gasteiger partial charge in [0, 0.05) is 25.9 Å². The van der Waals surface area contributed by atoms with Gasteiger partial charge in [0.1, 0.15) is 0 Å². The lowest BCUT2D eigenvalue weighted by Crippen LogP contribution is -2.14. The lowest BCUT2D eigenvalue weighted by atomic mass is 10.0. The van der Waals surface area contributed by atoms with Gasteiger partial charge in [-0.1, -0.05) is 12.1 Å². The fourth-order valence-corrected chi connectivity index (χ4v) is 1.57. The van der Waals surface area contributed by atoms with Crippen molar-refractivity contribution in [2.45, 2.75) is 13.1 Å². The van der Waals surface area contributed by atoms with Crippen LogP contribution in [0.3, 0.4) is 0 Å². The number of anilines is 1. The summed E-state index contributed by atoms with van der Waals surface area (Å²) in [6, 6.07) is 5.77. The van der Waals surface area contributed by atoms with Crippen LogP contribution in [0.1, 0.15) is 12.5 Å². The van der Waals surface area contributed by atoms with Crippen molar-refractivity contribution >= 4 is 17.2 Å². The summed E-state index contributed by atoms with van der Waals surface area (Å²) in [6.45, 7) is 1.56. The summed E-state index contributed by atoms with van der Waals surface area (Å²) >= 11 is 0. The Morgan fingerprint density at radius 1 is 1.25 bits per heavy atom. The van der Waals surface area contributed by atoms with E-state index in [0.717, 1.165) is 5.69 Å². The third kappa shape index (κ3) is 4.29. The second-order valence-electron chi connectivity index (χ2n) is 4.25. The Balaban J connectivity index is 3.15. The summed E-state index contributed by atoms with van der Waals surface area (Å²) in [6.07, 6.45) is -4.14. The number of allylic oxidation sites excluding steroid dienone is 1. The smallest absolute Gasteiger partial charge is 0.417 e. The molecule has 0 atom stereocenters. The Morgan fingerprint density at radius 3 is 2.20 bits per heavy atom. The van der Waals surface area contributed by atoms with Gasteiger partial charge in [0.25, 0.3) is 0 Å². The first-order valence-electron chi connectivity index (χ1n) is 5.99. The molecule has 3 nitrogen and oxygen atoms in total. The minimum absolute atomic E-state index is 0.0278. The van der Waals surface area contributed by atoms with Crippen LogP contribution in [0.2, 0.25) is 0 Å². The largest absolute Gasteiger partial charge is 0.463 e. The van der Waals surface area contributed by atoms with Crippen molar-refractivity contribution in [2.75, 3.05) is 25.6 Å². The van der Waals surface area contributed by atoms with Gasteiger partial charge in [-0.05, 0) is 24.6 Å². The lowest BCUT2D eigenvalue weighted by Gasteiger charge is -2.15. The van der Waals surface area contributed by atoms with E-state index in [-0.39, 0.29) is 12.2 Å². The van der Waals surface area contributed by atoms with Crippen LogP contribution in [0.25, 0.3) is 5.57 Å². The average Bonchev–Trinajstić information content (AvgIpc) is 2.35. The van der Waals surface area contributed by atoms with Crippen molar-refractivity contribution in [3.63, 3.8) is 0 Å². The van der Waals surface area contributed by atoms with E-state index in [1.807, 2.05) is 0 Å². The molecule has 0 aliphatic heterocycles. The SMILES string of the molecule is CCOC(=O)/C=C(/c1ccc(N(C)C)cc1)C(F)(F)F. The molecule has 0 heterocycles. The molecule has 110 valence electrons. The molecule has 0 amide bonds. The molecule has 0 bridgehead atoms. The Labute approximate surface area is 115 Å². The molecule has 0 saturated heterocycles. The number of halogens is 3. The summed E-state index contributed by atoms with van der Waals surface area (Å²) in [5.41, 5.74) is -0.316. The van der Waals surface area contributed by atoms with Crippen LogP contribution in [0, 0.1) is 0 Å². The molecule has 1 aromatic carbocycles. The van der Waals surface area contributed by atoms with Gasteiger partial charge in [0.05, 0.1) is 12.2 Å². The second-order valence-corrected chi connectivity index (χ2v) is 4.25. The third-order valence-electron chi connectivity index (χ3n) is 2.55. The molecule has 0 aromatic heterocycles. The second kappa shape index (κ2) is 6.45. The van der Waals surface area contributed by atoms with Crippen LogP contribution in [0.15, 0.2) is 30.3 Å². The normalized spacial score (nSPS) is 12.2. The van der Waals surface area contributed by atoms with Gasteiger partial charge in [0.2, 0.25) is 0 Å². The van der Waals surface area contributed by atoms with Crippen molar-refractivity contribution in [3.05, 3.63) is 35.9 Å². The molecule has 20 heavy (non-hydrogen) atoms. The standard InChI is InChI=1S/C14H16F3NO2/c1-4-20-13(19)9-12(14(15,16)17)10-5-7-11(8-6-10)18(2)3/h5-9H,4H2,1-3H3/b12-9-. The Bertz CT molecular complexity index is 490. The van der Waals surface area contributed by atoms with E-state index in [2.05, 4.69) is 4.74 Å². The summed E-state index contributed by atoms with van der Waals surface area (Å²) in [5.74, 6) is -1.00. The highest BCUT2D eigenvalue weighted by Crippen LogP contribution is 2.34. The Hall–Kier alpha value is -1.98. The summed E-state index contributed by atoms with van der Waals surface area (Å²) in [4.78, 5) is 13.0. The number of hydrogen-bond donors (Lipinski definition) is 0. The van der Waals surface area contributed by atoms with Gasteiger partial charge in [0.15, 0.2) is 0 Å². The van der Waals surface area contributed by atoms with E-state index in [9.17, 15) is 18.0 Å². The highest BCUT2D eigenvalue weighted by Gasteiger charge is 2.35. The minimum atomic E-state index is -4.62. The van der Waals surface area contributed by atoms with E-state index in [1.54, 1.807) is 31.1 Å². The summed E-state index contributed by atoms with van der Waals surface area (Å²) < 4.78 is 43.5. The van der Waals surface area contributed by atoms with Crippen LogP contribution < -0.4 is 4.90 Å². The van der Waals surface area contributed by atoms with E-state index in [4.69, 9.17) is 0 Å². The van der Waals surface area contributed by atoms with Gasteiger partial charge in [-0.3, -0.25) is 0 Å². The number of hydrogen-bond acceptors (Lipinski definition) is 3. The molecule has 0 radical (unpaired) electrons. The van der Waals surface area contributed by atoms with E-state index < -0.39 is 17.7 Å². The van der Waals surface area contributed by atoms with E-state index >= 15 is 0 Å². The number of rotatable bonds is 4. The van der Waals surface area contributed by atoms with Crippen LogP contribution in [0.4, 0.5) is 18.9 Å². The number of ether oxygens (including phenoxy) is 1. The van der Waals surface area contributed by atoms with Crippen molar-refractivity contribution in [1.82, 2.24) is 0 Å². The first-order chi connectivity index (χ1) is 9.25. The third-order valence-corrected chi connectivity index (χ3v) is 2.55. The topological polar surface area (TPSA) is 29.5 Å². The summed E-state index contributed by atoms with van der Waals surface area (Å²) in [7, 11) is 3.57. The van der Waals surface area contributed by atoms with Crippen LogP contribution >= 0.6 is 0 Å². The van der Waals surface area contributed by atoms with Gasteiger partial charge < -0.3 is 9.64 Å².